The lowest BCUT2D eigenvalue weighted by molar-refractivity contribution is 0.0933. The van der Waals surface area contributed by atoms with Gasteiger partial charge in [0.25, 0.3) is 5.91 Å². The second-order valence-corrected chi connectivity index (χ2v) is 5.35. The number of nitrogens with zero attached hydrogens (tertiary/aromatic N) is 3. The Balaban J connectivity index is 1.57. The van der Waals surface area contributed by atoms with E-state index in [-0.39, 0.29) is 24.2 Å². The van der Waals surface area contributed by atoms with Crippen molar-refractivity contribution in [3.05, 3.63) is 59.6 Å². The number of ether oxygens (including phenoxy) is 1. The molecule has 1 aromatic carbocycles. The zero-order chi connectivity index (χ0) is 17.8. The molecule has 1 atom stereocenters. The Morgan fingerprint density at radius 1 is 1.44 bits per heavy atom. The van der Waals surface area contributed by atoms with Crippen molar-refractivity contribution < 1.29 is 18.3 Å². The van der Waals surface area contributed by atoms with Gasteiger partial charge in [0, 0.05) is 6.07 Å². The molecule has 0 aliphatic rings. The summed E-state index contributed by atoms with van der Waals surface area (Å²) in [5.74, 6) is 0.865. The maximum atomic E-state index is 13.1. The Morgan fingerprint density at radius 3 is 3.00 bits per heavy atom. The SMILES string of the molecule is Cc1nc([C@@H](C)NC(=O)c2coc(COc3cccc(F)c3)n2)n[nH]1. The van der Waals surface area contributed by atoms with Crippen LogP contribution in [-0.4, -0.2) is 26.1 Å². The number of aromatic nitrogens is 4. The van der Waals surface area contributed by atoms with Crippen LogP contribution >= 0.6 is 0 Å². The van der Waals surface area contributed by atoms with E-state index in [1.807, 2.05) is 0 Å². The number of H-pyrrole nitrogens is 1. The number of benzene rings is 1. The molecule has 0 bridgehead atoms. The van der Waals surface area contributed by atoms with E-state index < -0.39 is 11.7 Å². The normalized spacial score (nSPS) is 12.0. The third kappa shape index (κ3) is 4.19. The van der Waals surface area contributed by atoms with E-state index in [2.05, 4.69) is 25.5 Å². The van der Waals surface area contributed by atoms with Crippen molar-refractivity contribution in [3.63, 3.8) is 0 Å². The topological polar surface area (TPSA) is 106 Å². The molecule has 2 heterocycles. The molecule has 2 N–H and O–H groups in total. The lowest BCUT2D eigenvalue weighted by atomic mass is 10.3. The summed E-state index contributed by atoms with van der Waals surface area (Å²) in [6.45, 7) is 3.51. The number of hydrogen-bond donors (Lipinski definition) is 2. The highest BCUT2D eigenvalue weighted by Crippen LogP contribution is 2.14. The Hall–Kier alpha value is -3.23. The molecular weight excluding hydrogens is 329 g/mol. The van der Waals surface area contributed by atoms with Crippen LogP contribution in [-0.2, 0) is 6.61 Å². The average molecular weight is 345 g/mol. The lowest BCUT2D eigenvalue weighted by Gasteiger charge is -2.08. The van der Waals surface area contributed by atoms with E-state index in [1.54, 1.807) is 19.9 Å². The summed E-state index contributed by atoms with van der Waals surface area (Å²) < 4.78 is 23.6. The molecular formula is C16H16FN5O3. The first-order valence-electron chi connectivity index (χ1n) is 7.54. The summed E-state index contributed by atoms with van der Waals surface area (Å²) in [6.07, 6.45) is 1.23. The standard InChI is InChI=1S/C16H16FN5O3/c1-9(15-19-10(2)21-22-15)18-16(23)13-7-25-14(20-13)8-24-12-5-3-4-11(17)6-12/h3-7,9H,8H2,1-2H3,(H,18,23)(H,19,21,22)/t9-/m1/s1. The third-order valence-corrected chi connectivity index (χ3v) is 3.29. The fourth-order valence-electron chi connectivity index (χ4n) is 2.07. The Labute approximate surface area is 142 Å². The molecule has 25 heavy (non-hydrogen) atoms. The predicted octanol–water partition coefficient (Wildman–Crippen LogP) is 2.31. The van der Waals surface area contributed by atoms with Gasteiger partial charge in [-0.1, -0.05) is 6.07 Å². The largest absolute Gasteiger partial charge is 0.484 e. The van der Waals surface area contributed by atoms with Gasteiger partial charge in [0.05, 0.1) is 6.04 Å². The van der Waals surface area contributed by atoms with Crippen molar-refractivity contribution in [2.45, 2.75) is 26.5 Å². The third-order valence-electron chi connectivity index (χ3n) is 3.29. The van der Waals surface area contributed by atoms with Crippen LogP contribution in [0.2, 0.25) is 0 Å². The Bertz CT molecular complexity index is 876. The lowest BCUT2D eigenvalue weighted by Crippen LogP contribution is -2.27. The summed E-state index contributed by atoms with van der Waals surface area (Å²) in [4.78, 5) is 20.4. The van der Waals surface area contributed by atoms with Gasteiger partial charge in [-0.3, -0.25) is 9.89 Å². The highest BCUT2D eigenvalue weighted by atomic mass is 19.1. The molecule has 0 saturated carbocycles. The predicted molar refractivity (Wildman–Crippen MR) is 84.2 cm³/mol. The highest BCUT2D eigenvalue weighted by Gasteiger charge is 2.18. The molecule has 0 radical (unpaired) electrons. The quantitative estimate of drug-likeness (QED) is 0.710. The second-order valence-electron chi connectivity index (χ2n) is 5.35. The zero-order valence-electron chi connectivity index (χ0n) is 13.6. The number of halogens is 1. The molecule has 0 fully saturated rings. The molecule has 0 aliphatic carbocycles. The number of amides is 1. The van der Waals surface area contributed by atoms with Crippen LogP contribution < -0.4 is 10.1 Å². The van der Waals surface area contributed by atoms with E-state index in [1.165, 1.54) is 24.5 Å². The van der Waals surface area contributed by atoms with Crippen molar-refractivity contribution in [1.82, 2.24) is 25.5 Å². The summed E-state index contributed by atoms with van der Waals surface area (Å²) in [6, 6.07) is 5.32. The summed E-state index contributed by atoms with van der Waals surface area (Å²) in [5.41, 5.74) is 0.108. The molecule has 130 valence electrons. The molecule has 9 heteroatoms. The van der Waals surface area contributed by atoms with Gasteiger partial charge in [-0.2, -0.15) is 5.10 Å². The number of carbonyl (C=O) groups is 1. The van der Waals surface area contributed by atoms with E-state index in [9.17, 15) is 9.18 Å². The van der Waals surface area contributed by atoms with Gasteiger partial charge in [0.15, 0.2) is 18.1 Å². The van der Waals surface area contributed by atoms with E-state index in [4.69, 9.17) is 9.15 Å². The smallest absolute Gasteiger partial charge is 0.273 e. The van der Waals surface area contributed by atoms with Crippen LogP contribution in [0.15, 0.2) is 34.9 Å². The van der Waals surface area contributed by atoms with Crippen molar-refractivity contribution >= 4 is 5.91 Å². The summed E-state index contributed by atoms with van der Waals surface area (Å²) >= 11 is 0. The van der Waals surface area contributed by atoms with Gasteiger partial charge in [-0.05, 0) is 26.0 Å². The first-order valence-corrected chi connectivity index (χ1v) is 7.54. The van der Waals surface area contributed by atoms with Crippen molar-refractivity contribution in [2.24, 2.45) is 0 Å². The van der Waals surface area contributed by atoms with Crippen LogP contribution in [0.5, 0.6) is 5.75 Å². The summed E-state index contributed by atoms with van der Waals surface area (Å²) in [5, 5.41) is 9.43. The molecule has 3 rings (SSSR count). The van der Waals surface area contributed by atoms with Gasteiger partial charge in [-0.25, -0.2) is 14.4 Å². The number of hydrogen-bond acceptors (Lipinski definition) is 6. The van der Waals surface area contributed by atoms with E-state index >= 15 is 0 Å². The van der Waals surface area contributed by atoms with Crippen LogP contribution in [0, 0.1) is 12.7 Å². The van der Waals surface area contributed by atoms with Crippen LogP contribution in [0.4, 0.5) is 4.39 Å². The van der Waals surface area contributed by atoms with Gasteiger partial charge >= 0.3 is 0 Å². The molecule has 0 spiro atoms. The first kappa shape index (κ1) is 16.6. The number of oxazole rings is 1. The van der Waals surface area contributed by atoms with Crippen molar-refractivity contribution in [2.75, 3.05) is 0 Å². The molecule has 3 aromatic rings. The van der Waals surface area contributed by atoms with Gasteiger partial charge in [0.2, 0.25) is 5.89 Å². The van der Waals surface area contributed by atoms with Crippen molar-refractivity contribution in [1.29, 1.82) is 0 Å². The number of aromatic amines is 1. The molecule has 2 aromatic heterocycles. The van der Waals surface area contributed by atoms with Gasteiger partial charge < -0.3 is 14.5 Å². The second kappa shape index (κ2) is 7.12. The molecule has 0 aliphatic heterocycles. The maximum absolute atomic E-state index is 13.1. The Kier molecular flexibility index (Phi) is 4.73. The molecule has 1 amide bonds. The fourth-order valence-corrected chi connectivity index (χ4v) is 2.07. The first-order chi connectivity index (χ1) is 12.0. The number of rotatable bonds is 6. The van der Waals surface area contributed by atoms with Crippen LogP contribution in [0.3, 0.4) is 0 Å². The fraction of sp³-hybridized carbons (Fsp3) is 0.250. The number of carbonyl (C=O) groups excluding carboxylic acids is 1. The van der Waals surface area contributed by atoms with Gasteiger partial charge in [-0.15, -0.1) is 0 Å². The molecule has 0 saturated heterocycles. The minimum Gasteiger partial charge on any atom is -0.484 e. The van der Waals surface area contributed by atoms with Crippen molar-refractivity contribution in [3.8, 4) is 5.75 Å². The molecule has 0 unspecified atom stereocenters. The number of nitrogens with one attached hydrogen (secondary N) is 2. The van der Waals surface area contributed by atoms with E-state index in [0.29, 0.717) is 17.4 Å². The minimum absolute atomic E-state index is 0.0214. The van der Waals surface area contributed by atoms with Gasteiger partial charge in [0.1, 0.15) is 23.7 Å². The van der Waals surface area contributed by atoms with E-state index in [0.717, 1.165) is 0 Å². The highest BCUT2D eigenvalue weighted by molar-refractivity contribution is 5.92. The van der Waals surface area contributed by atoms with Crippen LogP contribution in [0.1, 0.15) is 41.0 Å². The minimum atomic E-state index is -0.421. The monoisotopic (exact) mass is 345 g/mol. The Morgan fingerprint density at radius 2 is 2.28 bits per heavy atom. The maximum Gasteiger partial charge on any atom is 0.273 e. The number of aryl methyl sites for hydroxylation is 1. The zero-order valence-corrected chi connectivity index (χ0v) is 13.6. The summed E-state index contributed by atoms with van der Waals surface area (Å²) in [7, 11) is 0. The average Bonchev–Trinajstić information content (AvgIpc) is 3.22. The van der Waals surface area contributed by atoms with Crippen LogP contribution in [0.25, 0.3) is 0 Å². The molecule has 8 nitrogen and oxygen atoms in total.